The molecule has 0 saturated heterocycles. The second kappa shape index (κ2) is 3.31. The van der Waals surface area contributed by atoms with E-state index in [1.165, 1.54) is 23.4 Å². The SMILES string of the molecule is CCc1nc(C(C)(N)C2CC2)sc1C. The Hall–Kier alpha value is -0.410. The molecule has 3 heteroatoms. The summed E-state index contributed by atoms with van der Waals surface area (Å²) in [7, 11) is 0. The van der Waals surface area contributed by atoms with E-state index in [0.717, 1.165) is 11.4 Å². The van der Waals surface area contributed by atoms with Crippen LogP contribution in [0.3, 0.4) is 0 Å². The standard InChI is InChI=1S/C11H18N2S/c1-4-9-7(2)14-10(13-9)11(3,12)8-5-6-8/h8H,4-6,12H2,1-3H3. The van der Waals surface area contributed by atoms with E-state index in [4.69, 9.17) is 5.73 Å². The third-order valence-electron chi connectivity index (χ3n) is 3.11. The van der Waals surface area contributed by atoms with Crippen LogP contribution < -0.4 is 5.73 Å². The number of aryl methyl sites for hydroxylation is 2. The monoisotopic (exact) mass is 210 g/mol. The predicted octanol–water partition coefficient (Wildman–Crippen LogP) is 2.60. The summed E-state index contributed by atoms with van der Waals surface area (Å²) in [6.45, 7) is 6.42. The highest BCUT2D eigenvalue weighted by Gasteiger charge is 2.41. The van der Waals surface area contributed by atoms with Gasteiger partial charge in [-0.25, -0.2) is 4.98 Å². The van der Waals surface area contributed by atoms with E-state index >= 15 is 0 Å². The summed E-state index contributed by atoms with van der Waals surface area (Å²) in [5.74, 6) is 0.665. The van der Waals surface area contributed by atoms with E-state index in [1.807, 2.05) is 0 Å². The van der Waals surface area contributed by atoms with Crippen molar-refractivity contribution < 1.29 is 0 Å². The molecular formula is C11H18N2S. The molecule has 0 bridgehead atoms. The number of nitrogens with two attached hydrogens (primary N) is 1. The van der Waals surface area contributed by atoms with Crippen LogP contribution in [0.1, 0.15) is 42.3 Å². The third kappa shape index (κ3) is 1.59. The Morgan fingerprint density at radius 3 is 2.64 bits per heavy atom. The van der Waals surface area contributed by atoms with Crippen LogP contribution in [0.15, 0.2) is 0 Å². The molecule has 0 aromatic carbocycles. The molecule has 1 aromatic rings. The molecule has 2 rings (SSSR count). The normalized spacial score (nSPS) is 20.9. The second-order valence-corrected chi connectivity index (χ2v) is 5.64. The van der Waals surface area contributed by atoms with Crippen molar-refractivity contribution in [2.45, 2.75) is 45.6 Å². The maximum atomic E-state index is 6.33. The van der Waals surface area contributed by atoms with Crippen molar-refractivity contribution in [3.8, 4) is 0 Å². The van der Waals surface area contributed by atoms with E-state index in [-0.39, 0.29) is 5.54 Å². The topological polar surface area (TPSA) is 38.9 Å². The van der Waals surface area contributed by atoms with E-state index in [2.05, 4.69) is 25.8 Å². The zero-order valence-electron chi connectivity index (χ0n) is 9.13. The first-order chi connectivity index (χ1) is 6.55. The molecule has 14 heavy (non-hydrogen) atoms. The molecule has 2 N–H and O–H groups in total. The van der Waals surface area contributed by atoms with Crippen molar-refractivity contribution in [3.63, 3.8) is 0 Å². The Morgan fingerprint density at radius 1 is 1.57 bits per heavy atom. The molecule has 0 spiro atoms. The molecule has 1 atom stereocenters. The van der Waals surface area contributed by atoms with Crippen LogP contribution in [0.25, 0.3) is 0 Å². The number of aromatic nitrogens is 1. The zero-order chi connectivity index (χ0) is 10.3. The van der Waals surface area contributed by atoms with Gasteiger partial charge in [-0.05, 0) is 39.0 Å². The fourth-order valence-electron chi connectivity index (χ4n) is 1.84. The molecule has 0 amide bonds. The van der Waals surface area contributed by atoms with Crippen LogP contribution in [-0.2, 0) is 12.0 Å². The summed E-state index contributed by atoms with van der Waals surface area (Å²) >= 11 is 1.78. The smallest absolute Gasteiger partial charge is 0.113 e. The van der Waals surface area contributed by atoms with Crippen LogP contribution in [0.2, 0.25) is 0 Å². The molecule has 1 fully saturated rings. The minimum atomic E-state index is -0.178. The van der Waals surface area contributed by atoms with Gasteiger partial charge in [0.05, 0.1) is 11.2 Å². The van der Waals surface area contributed by atoms with Crippen molar-refractivity contribution in [1.82, 2.24) is 4.98 Å². The van der Waals surface area contributed by atoms with E-state index in [9.17, 15) is 0 Å². The van der Waals surface area contributed by atoms with Crippen LogP contribution in [0.5, 0.6) is 0 Å². The maximum Gasteiger partial charge on any atom is 0.113 e. The van der Waals surface area contributed by atoms with Crippen LogP contribution in [0.4, 0.5) is 0 Å². The van der Waals surface area contributed by atoms with E-state index in [1.54, 1.807) is 11.3 Å². The minimum absolute atomic E-state index is 0.178. The highest BCUT2D eigenvalue weighted by atomic mass is 32.1. The molecule has 78 valence electrons. The van der Waals surface area contributed by atoms with Gasteiger partial charge in [-0.15, -0.1) is 11.3 Å². The number of hydrogen-bond donors (Lipinski definition) is 1. The Balaban J connectivity index is 2.31. The Kier molecular flexibility index (Phi) is 2.40. The van der Waals surface area contributed by atoms with Gasteiger partial charge in [0.1, 0.15) is 5.01 Å². The number of hydrogen-bond acceptors (Lipinski definition) is 3. The Bertz CT molecular complexity index is 337. The lowest BCUT2D eigenvalue weighted by molar-refractivity contribution is 0.424. The summed E-state index contributed by atoms with van der Waals surface area (Å²) in [4.78, 5) is 5.99. The fraction of sp³-hybridized carbons (Fsp3) is 0.727. The summed E-state index contributed by atoms with van der Waals surface area (Å²) in [6, 6.07) is 0. The zero-order valence-corrected chi connectivity index (χ0v) is 9.95. The average Bonchev–Trinajstić information content (AvgIpc) is 2.90. The fourth-order valence-corrected chi connectivity index (χ4v) is 2.98. The van der Waals surface area contributed by atoms with Crippen molar-refractivity contribution in [1.29, 1.82) is 0 Å². The minimum Gasteiger partial charge on any atom is -0.319 e. The molecular weight excluding hydrogens is 192 g/mol. The third-order valence-corrected chi connectivity index (χ3v) is 4.38. The summed E-state index contributed by atoms with van der Waals surface area (Å²) in [5, 5.41) is 1.13. The van der Waals surface area contributed by atoms with Gasteiger partial charge in [0.2, 0.25) is 0 Å². The number of nitrogens with zero attached hydrogens (tertiary/aromatic N) is 1. The Labute approximate surface area is 89.5 Å². The first-order valence-electron chi connectivity index (χ1n) is 5.31. The second-order valence-electron chi connectivity index (χ2n) is 4.43. The molecule has 1 aliphatic carbocycles. The van der Waals surface area contributed by atoms with Gasteiger partial charge in [-0.1, -0.05) is 6.92 Å². The van der Waals surface area contributed by atoms with Crippen LogP contribution in [-0.4, -0.2) is 4.98 Å². The number of rotatable bonds is 3. The molecule has 1 unspecified atom stereocenters. The largest absolute Gasteiger partial charge is 0.319 e. The summed E-state index contributed by atoms with van der Waals surface area (Å²) < 4.78 is 0. The first-order valence-corrected chi connectivity index (χ1v) is 6.13. The molecule has 0 aliphatic heterocycles. The van der Waals surface area contributed by atoms with Gasteiger partial charge in [0.25, 0.3) is 0 Å². The van der Waals surface area contributed by atoms with Gasteiger partial charge in [-0.2, -0.15) is 0 Å². The van der Waals surface area contributed by atoms with Crippen molar-refractivity contribution >= 4 is 11.3 Å². The lowest BCUT2D eigenvalue weighted by Crippen LogP contribution is -2.35. The summed E-state index contributed by atoms with van der Waals surface area (Å²) in [5.41, 5.74) is 7.37. The Morgan fingerprint density at radius 2 is 2.21 bits per heavy atom. The van der Waals surface area contributed by atoms with E-state index in [0.29, 0.717) is 5.92 Å². The quantitative estimate of drug-likeness (QED) is 0.833. The highest BCUT2D eigenvalue weighted by molar-refractivity contribution is 7.11. The molecule has 2 nitrogen and oxygen atoms in total. The average molecular weight is 210 g/mol. The van der Waals surface area contributed by atoms with Crippen LogP contribution in [0, 0.1) is 12.8 Å². The van der Waals surface area contributed by atoms with Gasteiger partial charge in [-0.3, -0.25) is 0 Å². The van der Waals surface area contributed by atoms with Crippen molar-refractivity contribution in [2.24, 2.45) is 11.7 Å². The van der Waals surface area contributed by atoms with Gasteiger partial charge < -0.3 is 5.73 Å². The first kappa shape index (κ1) is 10.1. The molecule has 1 aromatic heterocycles. The lowest BCUT2D eigenvalue weighted by atomic mass is 9.98. The van der Waals surface area contributed by atoms with Gasteiger partial charge in [0, 0.05) is 4.88 Å². The van der Waals surface area contributed by atoms with Gasteiger partial charge in [0.15, 0.2) is 0 Å². The van der Waals surface area contributed by atoms with E-state index < -0.39 is 0 Å². The van der Waals surface area contributed by atoms with Gasteiger partial charge >= 0.3 is 0 Å². The maximum absolute atomic E-state index is 6.33. The summed E-state index contributed by atoms with van der Waals surface area (Å²) in [6.07, 6.45) is 3.56. The highest BCUT2D eigenvalue weighted by Crippen LogP contribution is 2.45. The van der Waals surface area contributed by atoms with Crippen LogP contribution >= 0.6 is 11.3 Å². The van der Waals surface area contributed by atoms with Crippen molar-refractivity contribution in [3.05, 3.63) is 15.6 Å². The number of thiazole rings is 1. The van der Waals surface area contributed by atoms with Crippen molar-refractivity contribution in [2.75, 3.05) is 0 Å². The molecule has 1 aliphatic rings. The predicted molar refractivity (Wildman–Crippen MR) is 60.5 cm³/mol. The molecule has 1 heterocycles. The lowest BCUT2D eigenvalue weighted by Gasteiger charge is -2.21. The molecule has 1 saturated carbocycles. The molecule has 0 radical (unpaired) electrons.